The molecule has 1 heterocycles. The molecule has 0 bridgehead atoms. The second kappa shape index (κ2) is 8.84. The topological polar surface area (TPSA) is 97.6 Å². The summed E-state index contributed by atoms with van der Waals surface area (Å²) in [5.41, 5.74) is 1.67. The number of carboxylic acid groups (broad SMARTS) is 1. The van der Waals surface area contributed by atoms with Crippen LogP contribution in [0.2, 0.25) is 0 Å². The number of rotatable bonds is 7. The molecule has 0 saturated heterocycles. The van der Waals surface area contributed by atoms with E-state index in [0.29, 0.717) is 22.8 Å². The van der Waals surface area contributed by atoms with Gasteiger partial charge in [0.15, 0.2) is 5.75 Å². The van der Waals surface area contributed by atoms with Crippen molar-refractivity contribution >= 4 is 27.4 Å². The number of carboxylic acids is 1. The molecule has 0 atom stereocenters. The zero-order chi connectivity index (χ0) is 23.6. The maximum absolute atomic E-state index is 13.8. The Labute approximate surface area is 191 Å². The molecule has 0 aliphatic carbocycles. The Kier molecular flexibility index (Phi) is 5.93. The van der Waals surface area contributed by atoms with Gasteiger partial charge in [0.05, 0.1) is 11.3 Å². The lowest BCUT2D eigenvalue weighted by Gasteiger charge is -2.20. The summed E-state index contributed by atoms with van der Waals surface area (Å²) in [6, 6.07) is 23.6. The van der Waals surface area contributed by atoms with E-state index in [9.17, 15) is 18.3 Å². The number of para-hydroxylation sites is 2. The Morgan fingerprint density at radius 2 is 1.45 bits per heavy atom. The second-order valence-corrected chi connectivity index (χ2v) is 9.20. The summed E-state index contributed by atoms with van der Waals surface area (Å²) in [6.45, 7) is 3.35. The summed E-state index contributed by atoms with van der Waals surface area (Å²) in [5.74, 6) is -0.841. The first-order valence-corrected chi connectivity index (χ1v) is 11.6. The summed E-state index contributed by atoms with van der Waals surface area (Å²) < 4.78 is 34.8. The van der Waals surface area contributed by atoms with Gasteiger partial charge in [-0.05, 0) is 62.4 Å². The van der Waals surface area contributed by atoms with Gasteiger partial charge >= 0.3 is 5.97 Å². The highest BCUT2D eigenvalue weighted by Gasteiger charge is 2.29. The van der Waals surface area contributed by atoms with Crippen LogP contribution >= 0.6 is 0 Å². The van der Waals surface area contributed by atoms with Crippen molar-refractivity contribution in [1.29, 1.82) is 0 Å². The lowest BCUT2D eigenvalue weighted by molar-refractivity contribution is 0.0696. The third-order valence-electron chi connectivity index (χ3n) is 5.04. The van der Waals surface area contributed by atoms with Crippen molar-refractivity contribution in [3.05, 3.63) is 102 Å². The van der Waals surface area contributed by atoms with Crippen LogP contribution in [0.4, 0.5) is 11.4 Å². The molecule has 168 valence electrons. The first-order valence-electron chi connectivity index (χ1n) is 10.1. The number of ether oxygens (including phenoxy) is 1. The van der Waals surface area contributed by atoms with Crippen LogP contribution in [-0.4, -0.2) is 23.5 Å². The normalized spacial score (nSPS) is 11.2. The molecular weight excluding hydrogens is 440 g/mol. The molecule has 3 aromatic carbocycles. The zero-order valence-corrected chi connectivity index (χ0v) is 18.8. The van der Waals surface area contributed by atoms with Gasteiger partial charge in [0, 0.05) is 17.1 Å². The molecule has 4 rings (SSSR count). The van der Waals surface area contributed by atoms with Crippen LogP contribution in [0, 0.1) is 13.8 Å². The molecule has 2 N–H and O–H groups in total. The Hall–Kier alpha value is -4.04. The summed E-state index contributed by atoms with van der Waals surface area (Å²) in [5, 5.41) is 12.8. The largest absolute Gasteiger partial charge is 0.478 e. The molecule has 0 radical (unpaired) electrons. The van der Waals surface area contributed by atoms with Crippen LogP contribution in [-0.2, 0) is 10.0 Å². The van der Waals surface area contributed by atoms with E-state index in [2.05, 4.69) is 5.32 Å². The van der Waals surface area contributed by atoms with E-state index in [-0.39, 0.29) is 21.9 Å². The van der Waals surface area contributed by atoms with Crippen LogP contribution in [0.5, 0.6) is 11.5 Å². The molecule has 7 nitrogen and oxygen atoms in total. The van der Waals surface area contributed by atoms with E-state index in [4.69, 9.17) is 4.74 Å². The number of aromatic nitrogens is 1. The Bertz CT molecular complexity index is 1390. The maximum Gasteiger partial charge on any atom is 0.335 e. The molecule has 0 aliphatic rings. The Balaban J connectivity index is 2.00. The molecule has 0 spiro atoms. The molecule has 0 aliphatic heterocycles. The number of aromatic carboxylic acids is 1. The average Bonchev–Trinajstić information content (AvgIpc) is 3.14. The molecule has 0 fully saturated rings. The van der Waals surface area contributed by atoms with E-state index >= 15 is 0 Å². The first-order chi connectivity index (χ1) is 15.8. The third-order valence-corrected chi connectivity index (χ3v) is 6.96. The van der Waals surface area contributed by atoms with Gasteiger partial charge < -0.3 is 15.2 Å². The fourth-order valence-electron chi connectivity index (χ4n) is 3.53. The van der Waals surface area contributed by atoms with Gasteiger partial charge in [-0.1, -0.05) is 36.4 Å². The minimum absolute atomic E-state index is 0.00236. The smallest absolute Gasteiger partial charge is 0.335 e. The number of hydrogen-bond acceptors (Lipinski definition) is 5. The number of hydrogen-bond donors (Lipinski definition) is 2. The van der Waals surface area contributed by atoms with Crippen molar-refractivity contribution in [2.75, 3.05) is 5.32 Å². The van der Waals surface area contributed by atoms with E-state index in [1.165, 1.54) is 10.0 Å². The summed E-state index contributed by atoms with van der Waals surface area (Å²) in [7, 11) is -4.19. The van der Waals surface area contributed by atoms with E-state index < -0.39 is 16.0 Å². The summed E-state index contributed by atoms with van der Waals surface area (Å²) >= 11 is 0. The highest BCUT2D eigenvalue weighted by Crippen LogP contribution is 2.40. The number of carbonyl (C=O) groups is 1. The van der Waals surface area contributed by atoms with Crippen molar-refractivity contribution in [3.63, 3.8) is 0 Å². The zero-order valence-electron chi connectivity index (χ0n) is 18.0. The monoisotopic (exact) mass is 462 g/mol. The number of aryl methyl sites for hydroxylation is 2. The van der Waals surface area contributed by atoms with Crippen molar-refractivity contribution in [2.45, 2.75) is 18.7 Å². The van der Waals surface area contributed by atoms with Gasteiger partial charge in [-0.15, -0.1) is 0 Å². The van der Waals surface area contributed by atoms with Crippen LogP contribution in [0.15, 0.2) is 89.8 Å². The second-order valence-electron chi connectivity index (χ2n) is 7.45. The Morgan fingerprint density at radius 1 is 0.879 bits per heavy atom. The molecule has 4 aromatic rings. The number of nitrogens with one attached hydrogen (secondary N) is 1. The summed E-state index contributed by atoms with van der Waals surface area (Å²) in [6.07, 6.45) is 0. The van der Waals surface area contributed by atoms with Crippen LogP contribution in [0.1, 0.15) is 21.7 Å². The van der Waals surface area contributed by atoms with Gasteiger partial charge in [-0.3, -0.25) is 0 Å². The van der Waals surface area contributed by atoms with Crippen molar-refractivity contribution in [1.82, 2.24) is 3.97 Å². The molecule has 0 saturated carbocycles. The molecular formula is C25H22N2O5S. The summed E-state index contributed by atoms with van der Waals surface area (Å²) in [4.78, 5) is 11.6. The van der Waals surface area contributed by atoms with E-state index in [1.54, 1.807) is 62.4 Å². The molecule has 33 heavy (non-hydrogen) atoms. The van der Waals surface area contributed by atoms with Gasteiger partial charge in [0.1, 0.15) is 10.6 Å². The van der Waals surface area contributed by atoms with Crippen molar-refractivity contribution in [3.8, 4) is 11.5 Å². The third kappa shape index (κ3) is 4.47. The minimum atomic E-state index is -4.19. The fourth-order valence-corrected chi connectivity index (χ4v) is 5.27. The van der Waals surface area contributed by atoms with Crippen molar-refractivity contribution in [2.24, 2.45) is 0 Å². The maximum atomic E-state index is 13.8. The van der Waals surface area contributed by atoms with Crippen LogP contribution in [0.25, 0.3) is 0 Å². The first kappa shape index (κ1) is 22.2. The molecule has 0 amide bonds. The highest BCUT2D eigenvalue weighted by atomic mass is 32.2. The van der Waals surface area contributed by atoms with E-state index in [1.807, 2.05) is 24.3 Å². The quantitative estimate of drug-likeness (QED) is 0.372. The number of anilines is 2. The van der Waals surface area contributed by atoms with Gasteiger partial charge in [0.25, 0.3) is 10.0 Å². The highest BCUT2D eigenvalue weighted by molar-refractivity contribution is 7.90. The van der Waals surface area contributed by atoms with Gasteiger partial charge in [0.2, 0.25) is 0 Å². The standard InChI is InChI=1S/C25H22N2O5S/c1-17-13-14-18(2)27(17)33(30,31)23-16-19(25(28)29)15-22(26-20-9-5-3-6-10-20)24(23)32-21-11-7-4-8-12-21/h3-16,26H,1-2H3,(H,28,29). The minimum Gasteiger partial charge on any atom is -0.478 e. The van der Waals surface area contributed by atoms with E-state index in [0.717, 1.165) is 6.07 Å². The van der Waals surface area contributed by atoms with Gasteiger partial charge in [-0.25, -0.2) is 17.2 Å². The number of benzene rings is 3. The Morgan fingerprint density at radius 3 is 2.03 bits per heavy atom. The predicted octanol–water partition coefficient (Wildman–Crippen LogP) is 5.58. The lowest BCUT2D eigenvalue weighted by Crippen LogP contribution is -2.18. The molecule has 8 heteroatoms. The SMILES string of the molecule is Cc1ccc(C)n1S(=O)(=O)c1cc(C(=O)O)cc(Nc2ccccc2)c1Oc1ccccc1. The average molecular weight is 463 g/mol. The molecule has 0 unspecified atom stereocenters. The van der Waals surface area contributed by atoms with Crippen LogP contribution < -0.4 is 10.1 Å². The number of nitrogens with zero attached hydrogens (tertiary/aromatic N) is 1. The lowest BCUT2D eigenvalue weighted by atomic mass is 10.1. The molecule has 1 aromatic heterocycles. The fraction of sp³-hybridized carbons (Fsp3) is 0.0800. The van der Waals surface area contributed by atoms with Crippen molar-refractivity contribution < 1.29 is 23.1 Å². The van der Waals surface area contributed by atoms with Gasteiger partial charge in [-0.2, -0.15) is 0 Å². The van der Waals surface area contributed by atoms with Crippen LogP contribution in [0.3, 0.4) is 0 Å². The predicted molar refractivity (Wildman–Crippen MR) is 126 cm³/mol.